The standard InChI is InChI=1S/C30H25NO3/c1-19-12-14-21(15-13-19)18-23-16-17-25-27(24-10-6-7-11-26(24)31-28(23)25)30(33)34-20(2)29(32)22-8-4-3-5-9-22/h3-15,18,20H,16-17H2,1-2H3. The Kier molecular flexibility index (Phi) is 5.81. The van der Waals surface area contributed by atoms with Crippen LogP contribution < -0.4 is 0 Å². The summed E-state index contributed by atoms with van der Waals surface area (Å²) in [5, 5.41) is 0.752. The van der Waals surface area contributed by atoms with Crippen LogP contribution in [0.4, 0.5) is 0 Å². The lowest BCUT2D eigenvalue weighted by molar-refractivity contribution is 0.0319. The van der Waals surface area contributed by atoms with Crippen LogP contribution in [0.2, 0.25) is 0 Å². The van der Waals surface area contributed by atoms with Crippen LogP contribution in [0.3, 0.4) is 0 Å². The molecule has 1 heterocycles. The molecule has 34 heavy (non-hydrogen) atoms. The van der Waals surface area contributed by atoms with Gasteiger partial charge < -0.3 is 4.74 Å². The summed E-state index contributed by atoms with van der Waals surface area (Å²) in [6.45, 7) is 3.69. The van der Waals surface area contributed by atoms with Crippen LogP contribution in [-0.4, -0.2) is 22.8 Å². The second-order valence-electron chi connectivity index (χ2n) is 8.69. The van der Waals surface area contributed by atoms with Gasteiger partial charge in [0.15, 0.2) is 6.10 Å². The van der Waals surface area contributed by atoms with E-state index in [1.54, 1.807) is 31.2 Å². The zero-order valence-electron chi connectivity index (χ0n) is 19.2. The first kappa shape index (κ1) is 21.8. The highest BCUT2D eigenvalue weighted by Crippen LogP contribution is 2.38. The number of carbonyl (C=O) groups is 2. The molecular weight excluding hydrogens is 422 g/mol. The highest BCUT2D eigenvalue weighted by atomic mass is 16.5. The van der Waals surface area contributed by atoms with E-state index in [0.717, 1.165) is 39.7 Å². The Morgan fingerprint density at radius 1 is 0.912 bits per heavy atom. The number of hydrogen-bond acceptors (Lipinski definition) is 4. The average Bonchev–Trinajstić information content (AvgIpc) is 3.25. The van der Waals surface area contributed by atoms with Gasteiger partial charge in [0.2, 0.25) is 5.78 Å². The summed E-state index contributed by atoms with van der Waals surface area (Å²) in [6, 6.07) is 24.9. The zero-order chi connectivity index (χ0) is 23.7. The van der Waals surface area contributed by atoms with Gasteiger partial charge in [-0.3, -0.25) is 4.79 Å². The van der Waals surface area contributed by atoms with Crippen LogP contribution in [0.15, 0.2) is 78.9 Å². The smallest absolute Gasteiger partial charge is 0.339 e. The molecule has 4 aromatic rings. The van der Waals surface area contributed by atoms with Crippen molar-refractivity contribution in [2.75, 3.05) is 0 Å². The monoisotopic (exact) mass is 447 g/mol. The van der Waals surface area contributed by atoms with Crippen LogP contribution in [0.5, 0.6) is 0 Å². The topological polar surface area (TPSA) is 56.3 Å². The normalized spacial score (nSPS) is 14.7. The molecule has 1 aliphatic carbocycles. The number of fused-ring (bicyclic) bond motifs is 2. The second-order valence-corrected chi connectivity index (χ2v) is 8.69. The molecule has 0 N–H and O–H groups in total. The van der Waals surface area contributed by atoms with Gasteiger partial charge in [-0.1, -0.05) is 78.4 Å². The zero-order valence-corrected chi connectivity index (χ0v) is 19.2. The Bertz CT molecular complexity index is 1420. The number of carbonyl (C=O) groups excluding carboxylic acids is 2. The van der Waals surface area contributed by atoms with Gasteiger partial charge in [0.05, 0.1) is 16.8 Å². The van der Waals surface area contributed by atoms with Crippen LogP contribution >= 0.6 is 0 Å². The van der Waals surface area contributed by atoms with E-state index < -0.39 is 12.1 Å². The van der Waals surface area contributed by atoms with E-state index in [4.69, 9.17) is 9.72 Å². The Labute approximate surface area is 198 Å². The third kappa shape index (κ3) is 4.15. The third-order valence-electron chi connectivity index (χ3n) is 6.28. The predicted molar refractivity (Wildman–Crippen MR) is 135 cm³/mol. The molecule has 1 atom stereocenters. The molecule has 0 saturated carbocycles. The first-order chi connectivity index (χ1) is 16.5. The number of aromatic nitrogens is 1. The van der Waals surface area contributed by atoms with E-state index >= 15 is 0 Å². The van der Waals surface area contributed by atoms with Crippen molar-refractivity contribution >= 4 is 34.3 Å². The summed E-state index contributed by atoms with van der Waals surface area (Å²) in [5.74, 6) is -0.702. The first-order valence-corrected chi connectivity index (χ1v) is 11.5. The summed E-state index contributed by atoms with van der Waals surface area (Å²) in [5.41, 5.74) is 6.93. The SMILES string of the molecule is Cc1ccc(C=C2CCc3c2nc2ccccc2c3C(=O)OC(C)C(=O)c2ccccc2)cc1. The molecule has 0 radical (unpaired) electrons. The molecule has 4 nitrogen and oxygen atoms in total. The molecule has 0 fully saturated rings. The van der Waals surface area contributed by atoms with E-state index in [-0.39, 0.29) is 5.78 Å². The molecule has 0 aliphatic heterocycles. The third-order valence-corrected chi connectivity index (χ3v) is 6.28. The molecule has 0 saturated heterocycles. The average molecular weight is 448 g/mol. The summed E-state index contributed by atoms with van der Waals surface area (Å²) < 4.78 is 5.72. The number of aryl methyl sites for hydroxylation is 1. The van der Waals surface area contributed by atoms with E-state index in [9.17, 15) is 9.59 Å². The number of benzene rings is 3. The lowest BCUT2D eigenvalue weighted by Gasteiger charge is -2.16. The van der Waals surface area contributed by atoms with Crippen LogP contribution in [0, 0.1) is 6.92 Å². The van der Waals surface area contributed by atoms with Crippen LogP contribution in [-0.2, 0) is 11.2 Å². The van der Waals surface area contributed by atoms with Gasteiger partial charge in [-0.15, -0.1) is 0 Å². The van der Waals surface area contributed by atoms with Gasteiger partial charge in [-0.25, -0.2) is 9.78 Å². The summed E-state index contributed by atoms with van der Waals surface area (Å²) in [7, 11) is 0. The molecule has 1 unspecified atom stereocenters. The minimum atomic E-state index is -0.888. The van der Waals surface area contributed by atoms with E-state index in [1.165, 1.54) is 5.56 Å². The van der Waals surface area contributed by atoms with Gasteiger partial charge in [0.25, 0.3) is 0 Å². The van der Waals surface area contributed by atoms with Gasteiger partial charge in [0, 0.05) is 10.9 Å². The number of hydrogen-bond donors (Lipinski definition) is 0. The molecule has 3 aromatic carbocycles. The molecule has 168 valence electrons. The van der Waals surface area contributed by atoms with Gasteiger partial charge in [-0.2, -0.15) is 0 Å². The predicted octanol–water partition coefficient (Wildman–Crippen LogP) is 6.46. The minimum Gasteiger partial charge on any atom is -0.451 e. The quantitative estimate of drug-likeness (QED) is 0.260. The number of esters is 1. The number of Topliss-reactive ketones (excluding diaryl/α,β-unsaturated/α-hetero) is 1. The molecule has 4 heteroatoms. The summed E-state index contributed by atoms with van der Waals surface area (Å²) >= 11 is 0. The Morgan fingerprint density at radius 2 is 1.62 bits per heavy atom. The minimum absolute atomic E-state index is 0.219. The van der Waals surface area contributed by atoms with Crippen LogP contribution in [0.1, 0.15) is 56.4 Å². The molecule has 0 bridgehead atoms. The van der Waals surface area contributed by atoms with Crippen molar-refractivity contribution in [1.82, 2.24) is 4.98 Å². The number of ketones is 1. The lowest BCUT2D eigenvalue weighted by Crippen LogP contribution is -2.25. The van der Waals surface area contributed by atoms with Crippen molar-refractivity contribution in [3.8, 4) is 0 Å². The van der Waals surface area contributed by atoms with Crippen LogP contribution in [0.25, 0.3) is 22.6 Å². The van der Waals surface area contributed by atoms with Crippen molar-refractivity contribution < 1.29 is 14.3 Å². The molecule has 5 rings (SSSR count). The van der Waals surface area contributed by atoms with Crippen molar-refractivity contribution in [1.29, 1.82) is 0 Å². The first-order valence-electron chi connectivity index (χ1n) is 11.5. The maximum Gasteiger partial charge on any atom is 0.339 e. The molecule has 0 spiro atoms. The molecular formula is C30H25NO3. The van der Waals surface area contributed by atoms with Crippen molar-refractivity contribution in [2.45, 2.75) is 32.8 Å². The highest BCUT2D eigenvalue weighted by molar-refractivity contribution is 6.08. The number of allylic oxidation sites excluding steroid dienone is 1. The number of para-hydroxylation sites is 1. The van der Waals surface area contributed by atoms with Crippen molar-refractivity contribution in [3.05, 3.63) is 112 Å². The fraction of sp³-hybridized carbons (Fsp3) is 0.167. The number of nitrogens with zero attached hydrogens (tertiary/aromatic N) is 1. The van der Waals surface area contributed by atoms with E-state index in [2.05, 4.69) is 37.3 Å². The Hall–Kier alpha value is -4.05. The second kappa shape index (κ2) is 9.06. The molecule has 1 aromatic heterocycles. The maximum absolute atomic E-state index is 13.4. The van der Waals surface area contributed by atoms with Gasteiger partial charge in [-0.05, 0) is 55.5 Å². The highest BCUT2D eigenvalue weighted by Gasteiger charge is 2.29. The molecule has 1 aliphatic rings. The van der Waals surface area contributed by atoms with E-state index in [1.807, 2.05) is 30.3 Å². The van der Waals surface area contributed by atoms with Crippen molar-refractivity contribution in [3.63, 3.8) is 0 Å². The lowest BCUT2D eigenvalue weighted by atomic mass is 10.0. The fourth-order valence-electron chi connectivity index (χ4n) is 4.49. The van der Waals surface area contributed by atoms with Crippen molar-refractivity contribution in [2.24, 2.45) is 0 Å². The summed E-state index contributed by atoms with van der Waals surface area (Å²) in [6.07, 6.45) is 2.76. The van der Waals surface area contributed by atoms with Gasteiger partial charge >= 0.3 is 5.97 Å². The largest absolute Gasteiger partial charge is 0.451 e. The number of pyridine rings is 1. The fourth-order valence-corrected chi connectivity index (χ4v) is 4.49. The molecule has 0 amide bonds. The maximum atomic E-state index is 13.4. The summed E-state index contributed by atoms with van der Waals surface area (Å²) in [4.78, 5) is 31.1. The Balaban J connectivity index is 1.53. The Morgan fingerprint density at radius 3 is 2.38 bits per heavy atom. The van der Waals surface area contributed by atoms with E-state index in [0.29, 0.717) is 17.5 Å². The number of rotatable bonds is 5. The van der Waals surface area contributed by atoms with Gasteiger partial charge in [0.1, 0.15) is 0 Å². The number of ether oxygens (including phenoxy) is 1.